The molecule has 0 saturated carbocycles. The first kappa shape index (κ1) is 12.9. The first-order valence-electron chi connectivity index (χ1n) is 5.44. The number of anilines is 1. The summed E-state index contributed by atoms with van der Waals surface area (Å²) >= 11 is 9.35. The number of ether oxygens (including phenoxy) is 1. The topological polar surface area (TPSA) is 38.3 Å². The minimum Gasteiger partial charge on any atom is -0.378 e. The Kier molecular flexibility index (Phi) is 4.07. The van der Waals surface area contributed by atoms with Gasteiger partial charge in [-0.25, -0.2) is 0 Å². The molecular formula is C12H13BrClNO2. The van der Waals surface area contributed by atoms with Crippen LogP contribution in [-0.4, -0.2) is 18.6 Å². The zero-order valence-electron chi connectivity index (χ0n) is 9.37. The fourth-order valence-corrected chi connectivity index (χ4v) is 2.35. The van der Waals surface area contributed by atoms with E-state index in [4.69, 9.17) is 16.3 Å². The van der Waals surface area contributed by atoms with Crippen LogP contribution in [0, 0.1) is 5.92 Å². The first-order valence-corrected chi connectivity index (χ1v) is 6.61. The van der Waals surface area contributed by atoms with Gasteiger partial charge in [0.05, 0.1) is 29.3 Å². The maximum absolute atomic E-state index is 12.0. The predicted molar refractivity (Wildman–Crippen MR) is 71.3 cm³/mol. The van der Waals surface area contributed by atoms with Crippen LogP contribution in [0.2, 0.25) is 5.02 Å². The van der Waals surface area contributed by atoms with E-state index < -0.39 is 0 Å². The van der Waals surface area contributed by atoms with Crippen molar-refractivity contribution in [3.63, 3.8) is 0 Å². The third-order valence-corrected chi connectivity index (χ3v) is 3.58. The maximum atomic E-state index is 12.0. The Morgan fingerprint density at radius 2 is 2.35 bits per heavy atom. The van der Waals surface area contributed by atoms with Gasteiger partial charge in [-0.15, -0.1) is 0 Å². The third kappa shape index (κ3) is 3.21. The molecule has 1 aliphatic rings. The molecule has 0 aliphatic carbocycles. The SMILES string of the molecule is CC1CC(C(=O)Nc2cc(Br)ccc2Cl)CO1. The largest absolute Gasteiger partial charge is 0.378 e. The number of amides is 1. The van der Waals surface area contributed by atoms with Crippen molar-refractivity contribution in [2.24, 2.45) is 5.92 Å². The van der Waals surface area contributed by atoms with E-state index in [0.717, 1.165) is 10.9 Å². The van der Waals surface area contributed by atoms with Crippen molar-refractivity contribution < 1.29 is 9.53 Å². The Hall–Kier alpha value is -0.580. The molecule has 1 fully saturated rings. The Labute approximate surface area is 114 Å². The summed E-state index contributed by atoms with van der Waals surface area (Å²) in [6, 6.07) is 5.37. The minimum atomic E-state index is -0.0833. The Morgan fingerprint density at radius 1 is 1.59 bits per heavy atom. The van der Waals surface area contributed by atoms with Gasteiger partial charge in [0, 0.05) is 4.47 Å². The molecule has 17 heavy (non-hydrogen) atoms. The van der Waals surface area contributed by atoms with Crippen LogP contribution < -0.4 is 5.32 Å². The lowest BCUT2D eigenvalue weighted by molar-refractivity contribution is -0.119. The van der Waals surface area contributed by atoms with Gasteiger partial charge in [-0.3, -0.25) is 4.79 Å². The second-order valence-electron chi connectivity index (χ2n) is 4.19. The van der Waals surface area contributed by atoms with E-state index in [0.29, 0.717) is 17.3 Å². The highest BCUT2D eigenvalue weighted by molar-refractivity contribution is 9.10. The molecule has 5 heteroatoms. The van der Waals surface area contributed by atoms with Crippen molar-refractivity contribution in [3.05, 3.63) is 27.7 Å². The molecule has 2 rings (SSSR count). The molecule has 1 N–H and O–H groups in total. The van der Waals surface area contributed by atoms with Crippen molar-refractivity contribution in [2.75, 3.05) is 11.9 Å². The van der Waals surface area contributed by atoms with Crippen LogP contribution in [0.15, 0.2) is 22.7 Å². The standard InChI is InChI=1S/C12H13BrClNO2/c1-7-4-8(6-17-7)12(16)15-11-5-9(13)2-3-10(11)14/h2-3,5,7-8H,4,6H2,1H3,(H,15,16). The predicted octanol–water partition coefficient (Wildman–Crippen LogP) is 3.47. The highest BCUT2D eigenvalue weighted by Crippen LogP contribution is 2.27. The molecule has 2 unspecified atom stereocenters. The van der Waals surface area contributed by atoms with Crippen LogP contribution in [0.25, 0.3) is 0 Å². The van der Waals surface area contributed by atoms with Gasteiger partial charge in [0.1, 0.15) is 0 Å². The average Bonchev–Trinajstić information content (AvgIpc) is 2.70. The second kappa shape index (κ2) is 5.38. The molecule has 1 amide bonds. The van der Waals surface area contributed by atoms with Gasteiger partial charge in [-0.05, 0) is 31.5 Å². The molecule has 0 radical (unpaired) electrons. The third-order valence-electron chi connectivity index (χ3n) is 2.76. The number of carbonyl (C=O) groups excluding carboxylic acids is 1. The summed E-state index contributed by atoms with van der Waals surface area (Å²) < 4.78 is 6.26. The molecule has 2 atom stereocenters. The van der Waals surface area contributed by atoms with Gasteiger partial charge in [0.25, 0.3) is 0 Å². The molecule has 3 nitrogen and oxygen atoms in total. The summed E-state index contributed by atoms with van der Waals surface area (Å²) in [6.45, 7) is 2.46. The van der Waals surface area contributed by atoms with Gasteiger partial charge in [-0.1, -0.05) is 27.5 Å². The van der Waals surface area contributed by atoms with Crippen molar-refractivity contribution in [1.29, 1.82) is 0 Å². The number of nitrogens with one attached hydrogen (secondary N) is 1. The fourth-order valence-electron chi connectivity index (χ4n) is 1.83. The molecule has 92 valence electrons. The molecule has 1 aromatic carbocycles. The van der Waals surface area contributed by atoms with Gasteiger partial charge in [-0.2, -0.15) is 0 Å². The number of halogens is 2. The van der Waals surface area contributed by atoms with Crippen molar-refractivity contribution in [1.82, 2.24) is 0 Å². The fraction of sp³-hybridized carbons (Fsp3) is 0.417. The van der Waals surface area contributed by atoms with Crippen LogP contribution in [0.3, 0.4) is 0 Å². The Morgan fingerprint density at radius 3 is 3.00 bits per heavy atom. The highest BCUT2D eigenvalue weighted by Gasteiger charge is 2.28. The molecule has 1 aromatic rings. The zero-order chi connectivity index (χ0) is 12.4. The lowest BCUT2D eigenvalue weighted by atomic mass is 10.1. The van der Waals surface area contributed by atoms with Crippen LogP contribution in [-0.2, 0) is 9.53 Å². The summed E-state index contributed by atoms with van der Waals surface area (Å²) in [5.74, 6) is -0.116. The van der Waals surface area contributed by atoms with Crippen molar-refractivity contribution in [2.45, 2.75) is 19.4 Å². The number of rotatable bonds is 2. The zero-order valence-corrected chi connectivity index (χ0v) is 11.7. The van der Waals surface area contributed by atoms with Crippen molar-refractivity contribution in [3.8, 4) is 0 Å². The van der Waals surface area contributed by atoms with Crippen LogP contribution >= 0.6 is 27.5 Å². The van der Waals surface area contributed by atoms with Gasteiger partial charge in [0.15, 0.2) is 0 Å². The molecule has 1 saturated heterocycles. The molecule has 0 bridgehead atoms. The maximum Gasteiger partial charge on any atom is 0.229 e. The van der Waals surface area contributed by atoms with E-state index in [1.807, 2.05) is 13.0 Å². The number of carbonyl (C=O) groups is 1. The number of hydrogen-bond acceptors (Lipinski definition) is 2. The molecule has 1 heterocycles. The lowest BCUT2D eigenvalue weighted by Crippen LogP contribution is -2.23. The molecular weight excluding hydrogens is 305 g/mol. The van der Waals surface area contributed by atoms with Gasteiger partial charge >= 0.3 is 0 Å². The minimum absolute atomic E-state index is 0.0330. The summed E-state index contributed by atoms with van der Waals surface area (Å²) in [6.07, 6.45) is 0.918. The smallest absolute Gasteiger partial charge is 0.229 e. The molecule has 1 aliphatic heterocycles. The van der Waals surface area contributed by atoms with Gasteiger partial charge in [0.2, 0.25) is 5.91 Å². The average molecular weight is 319 g/mol. The van der Waals surface area contributed by atoms with Crippen LogP contribution in [0.1, 0.15) is 13.3 Å². The van der Waals surface area contributed by atoms with Crippen LogP contribution in [0.5, 0.6) is 0 Å². The summed E-state index contributed by atoms with van der Waals surface area (Å²) in [5, 5.41) is 3.37. The van der Waals surface area contributed by atoms with E-state index in [1.54, 1.807) is 12.1 Å². The van der Waals surface area contributed by atoms with E-state index in [-0.39, 0.29) is 17.9 Å². The molecule has 0 spiro atoms. The van der Waals surface area contributed by atoms with Crippen LogP contribution in [0.4, 0.5) is 5.69 Å². The normalized spacial score (nSPS) is 23.7. The first-order chi connectivity index (χ1) is 8.06. The van der Waals surface area contributed by atoms with E-state index in [9.17, 15) is 4.79 Å². The van der Waals surface area contributed by atoms with Crippen molar-refractivity contribution >= 4 is 39.1 Å². The van der Waals surface area contributed by atoms with E-state index >= 15 is 0 Å². The Bertz CT molecular complexity index is 439. The monoisotopic (exact) mass is 317 g/mol. The van der Waals surface area contributed by atoms with E-state index in [2.05, 4.69) is 21.2 Å². The highest BCUT2D eigenvalue weighted by atomic mass is 79.9. The second-order valence-corrected chi connectivity index (χ2v) is 5.51. The molecule has 0 aromatic heterocycles. The van der Waals surface area contributed by atoms with Gasteiger partial charge < -0.3 is 10.1 Å². The number of benzene rings is 1. The summed E-state index contributed by atoms with van der Waals surface area (Å²) in [7, 11) is 0. The Balaban J connectivity index is 2.05. The quantitative estimate of drug-likeness (QED) is 0.907. The summed E-state index contributed by atoms with van der Waals surface area (Å²) in [4.78, 5) is 12.0. The van der Waals surface area contributed by atoms with E-state index in [1.165, 1.54) is 0 Å². The summed E-state index contributed by atoms with van der Waals surface area (Å²) in [5.41, 5.74) is 0.630. The number of hydrogen-bond donors (Lipinski definition) is 1. The lowest BCUT2D eigenvalue weighted by Gasteiger charge is -2.11.